The number of ether oxygens (including phenoxy) is 1. The third-order valence-corrected chi connectivity index (χ3v) is 5.70. The van der Waals surface area contributed by atoms with E-state index in [1.807, 2.05) is 4.90 Å². The molecule has 23 heavy (non-hydrogen) atoms. The summed E-state index contributed by atoms with van der Waals surface area (Å²) in [5.74, 6) is 0.272. The highest BCUT2D eigenvalue weighted by Crippen LogP contribution is 2.26. The predicted molar refractivity (Wildman–Crippen MR) is 90.5 cm³/mol. The summed E-state index contributed by atoms with van der Waals surface area (Å²) in [5.41, 5.74) is 0.428. The quantitative estimate of drug-likeness (QED) is 0.779. The Kier molecular flexibility index (Phi) is 5.57. The highest BCUT2D eigenvalue weighted by molar-refractivity contribution is 5.81. The van der Waals surface area contributed by atoms with Crippen molar-refractivity contribution in [1.29, 1.82) is 0 Å². The average molecular weight is 324 g/mol. The summed E-state index contributed by atoms with van der Waals surface area (Å²) in [4.78, 5) is 19.5. The fourth-order valence-corrected chi connectivity index (χ4v) is 4.06. The van der Waals surface area contributed by atoms with E-state index in [1.165, 1.54) is 13.0 Å². The number of nitrogens with one attached hydrogen (secondary N) is 1. The van der Waals surface area contributed by atoms with Crippen LogP contribution in [0.4, 0.5) is 0 Å². The molecule has 0 aliphatic carbocycles. The summed E-state index contributed by atoms with van der Waals surface area (Å²) >= 11 is 0. The smallest absolute Gasteiger partial charge is 0.239 e. The molecule has 0 bridgehead atoms. The van der Waals surface area contributed by atoms with Gasteiger partial charge in [-0.1, -0.05) is 6.92 Å². The minimum Gasteiger partial charge on any atom is -0.378 e. The van der Waals surface area contributed by atoms with Crippen LogP contribution in [-0.4, -0.2) is 98.8 Å². The standard InChI is InChI=1S/C17H32N4O2/c1-15(16(22)21-9-11-23-12-10-21)20-7-5-19(6-8-20)14-17(2)3-4-18-13-17/h15,18H,3-14H2,1-2H3. The van der Waals surface area contributed by atoms with Crippen molar-refractivity contribution >= 4 is 5.91 Å². The first-order valence-electron chi connectivity index (χ1n) is 9.11. The van der Waals surface area contributed by atoms with Gasteiger partial charge in [-0.2, -0.15) is 0 Å². The van der Waals surface area contributed by atoms with Gasteiger partial charge in [0.25, 0.3) is 0 Å². The van der Waals surface area contributed by atoms with Crippen LogP contribution >= 0.6 is 0 Å². The topological polar surface area (TPSA) is 48.1 Å². The molecule has 6 heteroatoms. The summed E-state index contributed by atoms with van der Waals surface area (Å²) in [6.45, 7) is 14.9. The first kappa shape index (κ1) is 17.1. The van der Waals surface area contributed by atoms with Gasteiger partial charge < -0.3 is 19.9 Å². The van der Waals surface area contributed by atoms with E-state index in [9.17, 15) is 4.79 Å². The Labute approximate surface area is 140 Å². The number of amides is 1. The van der Waals surface area contributed by atoms with E-state index >= 15 is 0 Å². The monoisotopic (exact) mass is 324 g/mol. The van der Waals surface area contributed by atoms with Gasteiger partial charge in [0.15, 0.2) is 0 Å². The minimum atomic E-state index is -0.000941. The molecule has 3 fully saturated rings. The van der Waals surface area contributed by atoms with Crippen LogP contribution in [0.3, 0.4) is 0 Å². The molecule has 0 radical (unpaired) electrons. The molecule has 3 rings (SSSR count). The van der Waals surface area contributed by atoms with Crippen LogP contribution in [0.1, 0.15) is 20.3 Å². The van der Waals surface area contributed by atoms with E-state index in [4.69, 9.17) is 4.74 Å². The maximum absolute atomic E-state index is 12.6. The van der Waals surface area contributed by atoms with E-state index in [0.29, 0.717) is 18.6 Å². The summed E-state index contributed by atoms with van der Waals surface area (Å²) in [7, 11) is 0. The van der Waals surface area contributed by atoms with Gasteiger partial charge in [0.05, 0.1) is 19.3 Å². The van der Waals surface area contributed by atoms with Gasteiger partial charge in [0.1, 0.15) is 0 Å². The van der Waals surface area contributed by atoms with Crippen molar-refractivity contribution in [3.63, 3.8) is 0 Å². The highest BCUT2D eigenvalue weighted by Gasteiger charge is 2.34. The zero-order valence-electron chi connectivity index (χ0n) is 14.7. The minimum absolute atomic E-state index is 0.000941. The Balaban J connectivity index is 1.45. The summed E-state index contributed by atoms with van der Waals surface area (Å²) in [6, 6.07) is -0.000941. The van der Waals surface area contributed by atoms with Gasteiger partial charge in [0.2, 0.25) is 5.91 Å². The van der Waals surface area contributed by atoms with Crippen molar-refractivity contribution in [3.8, 4) is 0 Å². The molecule has 1 N–H and O–H groups in total. The molecule has 0 saturated carbocycles. The van der Waals surface area contributed by atoms with Crippen molar-refractivity contribution in [2.75, 3.05) is 72.1 Å². The Morgan fingerprint density at radius 3 is 2.48 bits per heavy atom. The fourth-order valence-electron chi connectivity index (χ4n) is 4.06. The van der Waals surface area contributed by atoms with E-state index in [0.717, 1.165) is 52.4 Å². The number of nitrogens with zero attached hydrogens (tertiary/aromatic N) is 3. The fraction of sp³-hybridized carbons (Fsp3) is 0.941. The number of carbonyl (C=O) groups is 1. The van der Waals surface area contributed by atoms with E-state index in [2.05, 4.69) is 29.0 Å². The number of morpholine rings is 1. The van der Waals surface area contributed by atoms with Crippen molar-refractivity contribution < 1.29 is 9.53 Å². The predicted octanol–water partition coefficient (Wildman–Crippen LogP) is -0.149. The second kappa shape index (κ2) is 7.47. The zero-order valence-corrected chi connectivity index (χ0v) is 14.7. The van der Waals surface area contributed by atoms with Gasteiger partial charge in [-0.3, -0.25) is 9.69 Å². The van der Waals surface area contributed by atoms with Crippen LogP contribution < -0.4 is 5.32 Å². The number of carbonyl (C=O) groups excluding carboxylic acids is 1. The lowest BCUT2D eigenvalue weighted by molar-refractivity contribution is -0.141. The largest absolute Gasteiger partial charge is 0.378 e. The maximum atomic E-state index is 12.6. The number of hydrogen-bond donors (Lipinski definition) is 1. The van der Waals surface area contributed by atoms with Crippen LogP contribution in [0, 0.1) is 5.41 Å². The summed E-state index contributed by atoms with van der Waals surface area (Å²) in [6.07, 6.45) is 1.28. The molecule has 3 heterocycles. The molecule has 2 atom stereocenters. The molecule has 0 aromatic carbocycles. The maximum Gasteiger partial charge on any atom is 0.239 e. The molecular formula is C17H32N4O2. The van der Waals surface area contributed by atoms with Crippen LogP contribution in [0.25, 0.3) is 0 Å². The Bertz CT molecular complexity index is 397. The summed E-state index contributed by atoms with van der Waals surface area (Å²) in [5, 5.41) is 3.48. The lowest BCUT2D eigenvalue weighted by atomic mass is 9.89. The number of rotatable bonds is 4. The van der Waals surface area contributed by atoms with Crippen LogP contribution in [-0.2, 0) is 9.53 Å². The van der Waals surface area contributed by atoms with E-state index in [1.54, 1.807) is 0 Å². The molecule has 0 spiro atoms. The molecule has 6 nitrogen and oxygen atoms in total. The Morgan fingerprint density at radius 1 is 1.17 bits per heavy atom. The molecule has 132 valence electrons. The lowest BCUT2D eigenvalue weighted by Gasteiger charge is -2.41. The normalized spacial score (nSPS) is 32.2. The number of hydrogen-bond acceptors (Lipinski definition) is 5. The van der Waals surface area contributed by atoms with E-state index in [-0.39, 0.29) is 11.9 Å². The van der Waals surface area contributed by atoms with E-state index < -0.39 is 0 Å². The Hall–Kier alpha value is -0.690. The first-order chi connectivity index (χ1) is 11.1. The Morgan fingerprint density at radius 2 is 1.87 bits per heavy atom. The van der Waals surface area contributed by atoms with Crippen LogP contribution in [0.2, 0.25) is 0 Å². The average Bonchev–Trinajstić information content (AvgIpc) is 3.01. The second-order valence-electron chi connectivity index (χ2n) is 7.66. The molecule has 1 amide bonds. The van der Waals surface area contributed by atoms with Crippen LogP contribution in [0.15, 0.2) is 0 Å². The third-order valence-electron chi connectivity index (χ3n) is 5.70. The molecule has 3 saturated heterocycles. The van der Waals surface area contributed by atoms with Gasteiger partial charge >= 0.3 is 0 Å². The van der Waals surface area contributed by atoms with Gasteiger partial charge in [-0.25, -0.2) is 0 Å². The van der Waals surface area contributed by atoms with Crippen molar-refractivity contribution in [1.82, 2.24) is 20.0 Å². The molecule has 3 aliphatic heterocycles. The van der Waals surface area contributed by atoms with Gasteiger partial charge in [0, 0.05) is 52.4 Å². The molecule has 0 aromatic heterocycles. The van der Waals surface area contributed by atoms with Crippen molar-refractivity contribution in [2.45, 2.75) is 26.3 Å². The highest BCUT2D eigenvalue weighted by atomic mass is 16.5. The molecule has 2 unspecified atom stereocenters. The third kappa shape index (κ3) is 4.24. The first-order valence-corrected chi connectivity index (χ1v) is 9.11. The zero-order chi connectivity index (χ0) is 16.3. The number of piperazine rings is 1. The van der Waals surface area contributed by atoms with Crippen molar-refractivity contribution in [3.05, 3.63) is 0 Å². The molecule has 3 aliphatic rings. The molecular weight excluding hydrogens is 292 g/mol. The SMILES string of the molecule is CC(C(=O)N1CCOCC1)N1CCN(CC2(C)CCNC2)CC1. The summed E-state index contributed by atoms with van der Waals surface area (Å²) < 4.78 is 5.34. The lowest BCUT2D eigenvalue weighted by Crippen LogP contribution is -2.56. The molecule has 0 aromatic rings. The van der Waals surface area contributed by atoms with Crippen molar-refractivity contribution in [2.24, 2.45) is 5.41 Å². The van der Waals surface area contributed by atoms with Gasteiger partial charge in [-0.15, -0.1) is 0 Å². The van der Waals surface area contributed by atoms with Crippen LogP contribution in [0.5, 0.6) is 0 Å². The van der Waals surface area contributed by atoms with Gasteiger partial charge in [-0.05, 0) is 25.3 Å². The second-order valence-corrected chi connectivity index (χ2v) is 7.66.